The molecule has 27 nitrogen and oxygen atoms in total. The van der Waals surface area contributed by atoms with Gasteiger partial charge in [-0.25, -0.2) is 0 Å². The summed E-state index contributed by atoms with van der Waals surface area (Å²) in [5.41, 5.74) is 11.1. The predicted octanol–water partition coefficient (Wildman–Crippen LogP) is -6.78. The van der Waals surface area contributed by atoms with Crippen molar-refractivity contribution in [2.24, 2.45) is 11.5 Å². The van der Waals surface area contributed by atoms with Gasteiger partial charge >= 0.3 is 29.6 Å². The van der Waals surface area contributed by atoms with E-state index in [1.807, 2.05) is 0 Å². The van der Waals surface area contributed by atoms with Crippen molar-refractivity contribution < 1.29 is 134 Å². The second-order valence-electron chi connectivity index (χ2n) is 22.4. The van der Waals surface area contributed by atoms with Gasteiger partial charge in [0.05, 0.1) is 114 Å². The van der Waals surface area contributed by atoms with E-state index in [-0.39, 0.29) is 204 Å². The average Bonchev–Trinajstić information content (AvgIpc) is 2.28. The molecule has 37 heteroatoms. The summed E-state index contributed by atoms with van der Waals surface area (Å²) in [5, 5.41) is 13.0. The summed E-state index contributed by atoms with van der Waals surface area (Å²) < 4.78 is 106. The molecule has 95 heavy (non-hydrogen) atoms. The molecule has 0 aromatic rings. The molecule has 521 valence electrons. The molecule has 0 spiro atoms. The van der Waals surface area contributed by atoms with E-state index in [4.69, 9.17) is 181 Å². The third kappa shape index (κ3) is 38.5. The number of rotatable bonds is 32. The number of carbonyl (C=O) groups excluding carboxylic acids is 2. The third-order valence-corrected chi connectivity index (χ3v) is 15.5. The van der Waals surface area contributed by atoms with Gasteiger partial charge in [-0.3, -0.25) is 0 Å². The van der Waals surface area contributed by atoms with Gasteiger partial charge in [0.1, 0.15) is 113 Å². The Hall–Kier alpha value is -0.546. The van der Waals surface area contributed by atoms with Crippen LogP contribution in [0.4, 0.5) is 0 Å². The van der Waals surface area contributed by atoms with Crippen molar-refractivity contribution in [1.82, 2.24) is 10.6 Å². The van der Waals surface area contributed by atoms with Gasteiger partial charge < -0.3 is 138 Å². The molecular formula is C58H104B9N5NaO22. The maximum atomic E-state index is 10.1. The molecule has 0 amide bonds. The Labute approximate surface area is 601 Å². The third-order valence-electron chi connectivity index (χ3n) is 15.5. The molecule has 8 heterocycles. The molecule has 8 aliphatic rings. The minimum Gasteiger partial charge on any atom is -0.512 e. The molecule has 8 unspecified atom stereocenters. The van der Waals surface area contributed by atoms with Gasteiger partial charge in [-0.05, 0) is 51.4 Å². The molecule has 0 aromatic carbocycles. The van der Waals surface area contributed by atoms with E-state index < -0.39 is 0 Å². The molecule has 0 saturated carbocycles. The van der Waals surface area contributed by atoms with E-state index in [1.54, 1.807) is 56.9 Å². The number of carbonyl (C=O) groups is 2. The van der Waals surface area contributed by atoms with Crippen molar-refractivity contribution in [2.75, 3.05) is 149 Å². The van der Waals surface area contributed by atoms with Crippen LogP contribution in [0.25, 0.3) is 0 Å². The zero-order valence-corrected chi connectivity index (χ0v) is 58.8. The van der Waals surface area contributed by atoms with Crippen molar-refractivity contribution in [3.8, 4) is 0 Å². The van der Waals surface area contributed by atoms with Gasteiger partial charge in [0.2, 0.25) is 0 Å². The Kier molecular flexibility index (Phi) is 58.8. The van der Waals surface area contributed by atoms with Crippen LogP contribution in [0.1, 0.15) is 58.8 Å². The predicted molar refractivity (Wildman–Crippen MR) is 355 cm³/mol. The van der Waals surface area contributed by atoms with Crippen molar-refractivity contribution >= 4 is 83.8 Å². The quantitative estimate of drug-likeness (QED) is 0.0211. The fourth-order valence-corrected chi connectivity index (χ4v) is 11.0. The molecule has 8 aliphatic heterocycles. The molecule has 24 atom stereocenters. The van der Waals surface area contributed by atoms with Gasteiger partial charge in [0.25, 0.3) is 0 Å². The molecule has 0 aliphatic carbocycles. The second-order valence-corrected chi connectivity index (χ2v) is 22.4. The normalized spacial score (nSPS) is 35.6. The van der Waals surface area contributed by atoms with Crippen LogP contribution in [0, 0.1) is 11.8 Å². The number of ether oxygens (including phenoxy) is 20. The Bertz CT molecular complexity index is 1810. The van der Waals surface area contributed by atoms with Gasteiger partial charge in [-0.2, -0.15) is 0 Å². The van der Waals surface area contributed by atoms with Crippen LogP contribution in [-0.4, -0.2) is 378 Å². The fourth-order valence-electron chi connectivity index (χ4n) is 11.0. The molecule has 19 radical (unpaired) electrons. The molecule has 8 fully saturated rings. The van der Waals surface area contributed by atoms with Gasteiger partial charge in [0, 0.05) is 152 Å². The van der Waals surface area contributed by atoms with Crippen LogP contribution < -0.4 is 51.7 Å². The number of nitrogens with two attached hydrogens (primary N) is 2. The first-order valence-corrected chi connectivity index (χ1v) is 31.1. The van der Waals surface area contributed by atoms with E-state index in [9.17, 15) is 9.59 Å². The van der Waals surface area contributed by atoms with E-state index in [0.29, 0.717) is 104 Å². The first-order valence-electron chi connectivity index (χ1n) is 31.1. The van der Waals surface area contributed by atoms with Crippen LogP contribution in [0.5, 0.6) is 0 Å². The summed E-state index contributed by atoms with van der Waals surface area (Å²) in [5.74, 6) is 0. The summed E-state index contributed by atoms with van der Waals surface area (Å²) >= 11 is 0. The number of hydrogen-bond donors (Lipinski definition) is 4. The van der Waals surface area contributed by atoms with Gasteiger partial charge in [-0.15, -0.1) is 0 Å². The van der Waals surface area contributed by atoms with E-state index in [2.05, 4.69) is 10.6 Å². The maximum Gasteiger partial charge on any atom is 1.00 e. The topological polar surface area (TPSA) is 319 Å². The average molecular weight is 1340 g/mol. The summed E-state index contributed by atoms with van der Waals surface area (Å²) in [7, 11) is 58.4. The van der Waals surface area contributed by atoms with E-state index >= 15 is 0 Å². The van der Waals surface area contributed by atoms with Crippen molar-refractivity contribution in [3.05, 3.63) is 6.57 Å². The van der Waals surface area contributed by atoms with Crippen molar-refractivity contribution in [2.45, 2.75) is 204 Å². The van der Waals surface area contributed by atoms with Gasteiger partial charge in [-0.1, -0.05) is 7.43 Å². The molecule has 0 bridgehead atoms. The summed E-state index contributed by atoms with van der Waals surface area (Å²) in [6.45, 7) is 11.5. The van der Waals surface area contributed by atoms with Crippen LogP contribution in [0.3, 0.4) is 0 Å². The Morgan fingerprint density at radius 3 is 1.21 bits per heavy atom. The molecule has 8 rings (SSSR count). The molecule has 8 saturated heterocycles. The fraction of sp³-hybridized carbons (Fsp3) is 0.948. The van der Waals surface area contributed by atoms with Crippen LogP contribution in [0.2, 0.25) is 0 Å². The minimum absolute atomic E-state index is 0. The number of hydrogen-bond acceptors (Lipinski definition) is 27. The summed E-state index contributed by atoms with van der Waals surface area (Å²) in [4.78, 5) is 20.1. The van der Waals surface area contributed by atoms with E-state index in [1.165, 1.54) is 0 Å². The van der Waals surface area contributed by atoms with Crippen LogP contribution >= 0.6 is 0 Å². The Morgan fingerprint density at radius 2 is 0.789 bits per heavy atom. The number of methoxy groups -OCH3 is 8. The van der Waals surface area contributed by atoms with Crippen LogP contribution in [-0.2, 0) is 104 Å². The monoisotopic (exact) mass is 1340 g/mol. The minimum atomic E-state index is -0.309. The standard InChI is InChI=1S/2C14H25B2NO5.2C8H13BO4.2C6H12BNO2.CN.CH4.B.Na/c1-18-7-11-9(5-13(15)21-11)17-3-4-20-8-12-10(19-2)6-14(16)22-12;1-18-8-12-10(6-14(16)22-12)20-4-3-17-7-11-9(19-2)5-13(15)21-11;1-11-6-4-8(9)13-7(6)5-12-3-2-10;1-11-5-7-6(12-3-2-10)4-8(9)13-7;1-9-3-5-4(8)2-6(7)10-5;1-9-4-2-6(7)10-5(4)3-8;1-2;;;/h2*9-14,17H,3-8H2,1-2H3;2*2,6-8H,3-5H2,1H3;2*4-6H,2-3,8H2,1H3;;1H4;;/q;;;;;;-1;;;+1/t2*9?,10?,11-,12-,13-,14-;2*6?,7-,8-;2*4?,5-,6-;;;;/m111111..../s1. The molecule has 6 N–H and O–H groups in total. The van der Waals surface area contributed by atoms with Crippen LogP contribution in [0.15, 0.2) is 0 Å². The second kappa shape index (κ2) is 57.9. The smallest absolute Gasteiger partial charge is 0.512 e. The van der Waals surface area contributed by atoms with Crippen molar-refractivity contribution in [3.63, 3.8) is 0 Å². The number of nitrogens with zero attached hydrogens (tertiary/aromatic N) is 1. The first kappa shape index (κ1) is 96.5. The van der Waals surface area contributed by atoms with Crippen molar-refractivity contribution in [1.29, 1.82) is 5.26 Å². The Morgan fingerprint density at radius 1 is 0.442 bits per heavy atom. The summed E-state index contributed by atoms with van der Waals surface area (Å²) in [6.07, 6.45) is 6.54. The molecule has 0 aromatic heterocycles. The number of aldehydes is 2. The SMILES string of the molecule is C.[B].[B][C@H]1CC(N)[C@@H](COC)O1.[B][C@H]1CC(NCCOC[C@H]2O[C@@H]([B])CC2OC)[C@@H](COC)O1.[B][C@H]1CC(OC)[C@@H](CN)O1.[B][C@H]1CC(OC)[C@@H](CNCCOC2C[C@H]([B])O[C@@H]2COC)O1.[B][C@H]1CC(OC)[C@@H](COCC=O)O1.[B][C@H]1CC(OCC=O)[C@@H](COC)O1.[C-]#N.[Na+]. The molecular weight excluding hydrogens is 1240 g/mol. The summed E-state index contributed by atoms with van der Waals surface area (Å²) in [6, 6.07) is -1.75. The van der Waals surface area contributed by atoms with E-state index in [0.717, 1.165) is 38.8 Å². The first-order chi connectivity index (χ1) is 44.3. The number of nitrogens with one attached hydrogen (secondary N) is 2. The maximum absolute atomic E-state index is 10.1. The zero-order chi connectivity index (χ0) is 68.4. The van der Waals surface area contributed by atoms with Gasteiger partial charge in [0.15, 0.2) is 0 Å². The Balaban J connectivity index is 0. The largest absolute Gasteiger partial charge is 1.00 e. The zero-order valence-electron chi connectivity index (χ0n) is 56.8.